The largest absolute Gasteiger partial charge is 0.495 e. The minimum Gasteiger partial charge on any atom is -0.495 e. The molecule has 3 atom stereocenters. The normalized spacial score (nSPS) is 24.2. The van der Waals surface area contributed by atoms with E-state index in [4.69, 9.17) is 4.74 Å². The third kappa shape index (κ3) is 2.13. The van der Waals surface area contributed by atoms with E-state index in [1.807, 2.05) is 0 Å². The molecule has 2 aliphatic rings. The van der Waals surface area contributed by atoms with Crippen molar-refractivity contribution in [2.75, 3.05) is 12.4 Å². The van der Waals surface area contributed by atoms with E-state index in [2.05, 4.69) is 35.8 Å². The van der Waals surface area contributed by atoms with Gasteiger partial charge in [-0.15, -0.1) is 11.3 Å². The van der Waals surface area contributed by atoms with Crippen molar-refractivity contribution in [3.8, 4) is 5.75 Å². The fraction of sp³-hybridized carbons (Fsp3) is 0.333. The first-order chi connectivity index (χ1) is 11.6. The smallest absolute Gasteiger partial charge is 0.275 e. The van der Waals surface area contributed by atoms with E-state index in [0.29, 0.717) is 11.7 Å². The predicted molar refractivity (Wildman–Crippen MR) is 95.1 cm³/mol. The van der Waals surface area contributed by atoms with Gasteiger partial charge in [0.05, 0.1) is 29.3 Å². The van der Waals surface area contributed by atoms with E-state index in [9.17, 15) is 10.1 Å². The standard InChI is InChI=1S/C18H18N2O3S/c1-10-8-9-24-18(10)16-12-5-3-4-11(12)15-13(20(21)22)6-7-14(23-2)17(15)19-16/h3-4,6-9,11-12,16,19H,5H2,1-2H3. The Hall–Kier alpha value is -2.34. The molecule has 1 N–H and O–H groups in total. The number of ether oxygens (including phenoxy) is 1. The van der Waals surface area contributed by atoms with Gasteiger partial charge in [0.2, 0.25) is 0 Å². The Kier molecular flexibility index (Phi) is 3.57. The van der Waals surface area contributed by atoms with Crippen molar-refractivity contribution in [1.29, 1.82) is 0 Å². The van der Waals surface area contributed by atoms with Gasteiger partial charge in [0.25, 0.3) is 5.69 Å². The number of aryl methyl sites for hydroxylation is 1. The third-order valence-electron chi connectivity index (χ3n) is 5.06. The molecule has 5 nitrogen and oxygen atoms in total. The van der Waals surface area contributed by atoms with Gasteiger partial charge >= 0.3 is 0 Å². The molecule has 1 aromatic heterocycles. The van der Waals surface area contributed by atoms with Crippen LogP contribution in [0.1, 0.15) is 34.4 Å². The molecule has 0 spiro atoms. The molecule has 1 aromatic carbocycles. The van der Waals surface area contributed by atoms with Crippen LogP contribution >= 0.6 is 11.3 Å². The van der Waals surface area contributed by atoms with Crippen molar-refractivity contribution < 1.29 is 9.66 Å². The van der Waals surface area contributed by atoms with E-state index in [0.717, 1.165) is 17.7 Å². The second kappa shape index (κ2) is 5.63. The number of rotatable bonds is 3. The van der Waals surface area contributed by atoms with E-state index in [1.165, 1.54) is 10.4 Å². The van der Waals surface area contributed by atoms with Crippen LogP contribution in [0.3, 0.4) is 0 Å². The van der Waals surface area contributed by atoms with Gasteiger partial charge in [-0.3, -0.25) is 10.1 Å². The number of nitrogens with zero attached hydrogens (tertiary/aromatic N) is 1. The highest BCUT2D eigenvalue weighted by Gasteiger charge is 2.43. The summed E-state index contributed by atoms with van der Waals surface area (Å²) in [5.74, 6) is 0.998. The highest BCUT2D eigenvalue weighted by atomic mass is 32.1. The number of methoxy groups -OCH3 is 1. The van der Waals surface area contributed by atoms with Gasteiger partial charge in [0, 0.05) is 16.9 Å². The molecule has 4 rings (SSSR count). The SMILES string of the molecule is COc1ccc([N+](=O)[O-])c2c1NC(c1sccc1C)C1CC=CC21. The van der Waals surface area contributed by atoms with Crippen LogP contribution in [0, 0.1) is 23.0 Å². The van der Waals surface area contributed by atoms with Crippen LogP contribution in [0.25, 0.3) is 0 Å². The molecular formula is C18H18N2O3S. The topological polar surface area (TPSA) is 64.4 Å². The van der Waals surface area contributed by atoms with Crippen molar-refractivity contribution >= 4 is 22.7 Å². The van der Waals surface area contributed by atoms with Crippen molar-refractivity contribution in [3.63, 3.8) is 0 Å². The zero-order valence-corrected chi connectivity index (χ0v) is 14.3. The number of hydrogen-bond acceptors (Lipinski definition) is 5. The van der Waals surface area contributed by atoms with Crippen LogP contribution in [-0.2, 0) is 0 Å². The molecule has 0 saturated carbocycles. The monoisotopic (exact) mass is 342 g/mol. The summed E-state index contributed by atoms with van der Waals surface area (Å²) in [4.78, 5) is 12.5. The summed E-state index contributed by atoms with van der Waals surface area (Å²) in [6, 6.07) is 5.51. The first kappa shape index (κ1) is 15.2. The van der Waals surface area contributed by atoms with Gasteiger partial charge in [-0.05, 0) is 42.3 Å². The summed E-state index contributed by atoms with van der Waals surface area (Å²) in [6.07, 6.45) is 5.19. The van der Waals surface area contributed by atoms with Gasteiger partial charge in [-0.25, -0.2) is 0 Å². The van der Waals surface area contributed by atoms with E-state index in [-0.39, 0.29) is 22.6 Å². The Labute approximate surface area is 144 Å². The Morgan fingerprint density at radius 2 is 2.21 bits per heavy atom. The lowest BCUT2D eigenvalue weighted by Crippen LogP contribution is -2.29. The lowest BCUT2D eigenvalue weighted by atomic mass is 9.77. The molecule has 1 aliphatic carbocycles. The molecule has 0 saturated heterocycles. The zero-order valence-electron chi connectivity index (χ0n) is 13.5. The molecule has 3 unspecified atom stereocenters. The first-order valence-electron chi connectivity index (χ1n) is 7.94. The van der Waals surface area contributed by atoms with Gasteiger partial charge in [0.1, 0.15) is 5.75 Å². The van der Waals surface area contributed by atoms with Crippen molar-refractivity contribution in [2.24, 2.45) is 5.92 Å². The highest BCUT2D eigenvalue weighted by Crippen LogP contribution is 2.55. The van der Waals surface area contributed by atoms with E-state index in [1.54, 1.807) is 30.6 Å². The predicted octanol–water partition coefficient (Wildman–Crippen LogP) is 4.80. The number of thiophene rings is 1. The second-order valence-electron chi connectivity index (χ2n) is 6.28. The van der Waals surface area contributed by atoms with Crippen molar-refractivity contribution in [2.45, 2.75) is 25.3 Å². The summed E-state index contributed by atoms with van der Waals surface area (Å²) < 4.78 is 5.49. The van der Waals surface area contributed by atoms with Crippen molar-refractivity contribution in [3.05, 3.63) is 61.8 Å². The summed E-state index contributed by atoms with van der Waals surface area (Å²) in [7, 11) is 1.60. The van der Waals surface area contributed by atoms with E-state index >= 15 is 0 Å². The molecule has 2 heterocycles. The molecule has 0 amide bonds. The van der Waals surface area contributed by atoms with Gasteiger partial charge in [-0.1, -0.05) is 12.2 Å². The average Bonchev–Trinajstić information content (AvgIpc) is 3.21. The molecule has 1 aliphatic heterocycles. The molecule has 2 aromatic rings. The van der Waals surface area contributed by atoms with Crippen LogP contribution in [0.5, 0.6) is 5.75 Å². The summed E-state index contributed by atoms with van der Waals surface area (Å²) in [5, 5.41) is 17.2. The lowest BCUT2D eigenvalue weighted by molar-refractivity contribution is -0.385. The van der Waals surface area contributed by atoms with Gasteiger partial charge in [-0.2, -0.15) is 0 Å². The fourth-order valence-electron chi connectivity index (χ4n) is 3.96. The Morgan fingerprint density at radius 3 is 2.88 bits per heavy atom. The van der Waals surface area contributed by atoms with Crippen LogP contribution < -0.4 is 10.1 Å². The molecule has 0 fully saturated rings. The lowest BCUT2D eigenvalue weighted by Gasteiger charge is -2.37. The molecular weight excluding hydrogens is 324 g/mol. The second-order valence-corrected chi connectivity index (χ2v) is 7.22. The number of nitro groups is 1. The van der Waals surface area contributed by atoms with Crippen molar-refractivity contribution in [1.82, 2.24) is 0 Å². The number of anilines is 1. The maximum atomic E-state index is 11.5. The average molecular weight is 342 g/mol. The fourth-order valence-corrected chi connectivity index (χ4v) is 5.01. The Morgan fingerprint density at radius 1 is 1.38 bits per heavy atom. The number of nitrogens with one attached hydrogen (secondary N) is 1. The summed E-state index contributed by atoms with van der Waals surface area (Å²) >= 11 is 1.74. The highest BCUT2D eigenvalue weighted by molar-refractivity contribution is 7.10. The molecule has 124 valence electrons. The Bertz CT molecular complexity index is 843. The van der Waals surface area contributed by atoms with E-state index < -0.39 is 0 Å². The quantitative estimate of drug-likeness (QED) is 0.494. The number of fused-ring (bicyclic) bond motifs is 3. The van der Waals surface area contributed by atoms with Gasteiger partial charge < -0.3 is 10.1 Å². The number of nitro benzene ring substituents is 1. The minimum atomic E-state index is -0.292. The molecule has 24 heavy (non-hydrogen) atoms. The van der Waals surface area contributed by atoms with Crippen LogP contribution in [0.15, 0.2) is 35.7 Å². The summed E-state index contributed by atoms with van der Waals surface area (Å²) in [6.45, 7) is 2.12. The zero-order chi connectivity index (χ0) is 16.8. The first-order valence-corrected chi connectivity index (χ1v) is 8.82. The maximum Gasteiger partial charge on any atom is 0.275 e. The summed E-state index contributed by atoms with van der Waals surface area (Å²) in [5.41, 5.74) is 2.94. The third-order valence-corrected chi connectivity index (χ3v) is 6.16. The molecule has 0 bridgehead atoms. The van der Waals surface area contributed by atoms with Crippen LogP contribution in [0.4, 0.5) is 11.4 Å². The maximum absolute atomic E-state index is 11.5. The number of allylic oxidation sites excluding steroid dienone is 2. The molecule has 6 heteroatoms. The van der Waals surface area contributed by atoms with Crippen LogP contribution in [-0.4, -0.2) is 12.0 Å². The minimum absolute atomic E-state index is 0.0447. The molecule has 0 radical (unpaired) electrons. The Balaban J connectivity index is 1.91. The number of benzene rings is 1. The van der Waals surface area contributed by atoms with Crippen LogP contribution in [0.2, 0.25) is 0 Å². The number of hydrogen-bond donors (Lipinski definition) is 1. The van der Waals surface area contributed by atoms with Gasteiger partial charge in [0.15, 0.2) is 0 Å².